The van der Waals surface area contributed by atoms with Gasteiger partial charge in [-0.15, -0.1) is 0 Å². The zero-order valence-corrected chi connectivity index (χ0v) is 13.1. The van der Waals surface area contributed by atoms with Crippen LogP contribution in [0.3, 0.4) is 0 Å². The Balaban J connectivity index is 2.33. The SMILES string of the molecule is CCCc1nc(Cc2ccc(F)cc2F)nc(Cl)c1Br. The fourth-order valence-corrected chi connectivity index (χ4v) is 2.41. The maximum Gasteiger partial charge on any atom is 0.147 e. The Morgan fingerprint density at radius 2 is 2.00 bits per heavy atom. The molecule has 2 nitrogen and oxygen atoms in total. The summed E-state index contributed by atoms with van der Waals surface area (Å²) in [7, 11) is 0. The average Bonchev–Trinajstić information content (AvgIpc) is 2.39. The summed E-state index contributed by atoms with van der Waals surface area (Å²) in [4.78, 5) is 8.50. The van der Waals surface area contributed by atoms with Crippen LogP contribution in [0.15, 0.2) is 22.7 Å². The normalized spacial score (nSPS) is 10.8. The molecule has 0 radical (unpaired) electrons. The Morgan fingerprint density at radius 3 is 2.65 bits per heavy atom. The number of rotatable bonds is 4. The van der Waals surface area contributed by atoms with Gasteiger partial charge in [-0.1, -0.05) is 31.0 Å². The summed E-state index contributed by atoms with van der Waals surface area (Å²) in [5.74, 6) is -0.787. The van der Waals surface area contributed by atoms with Crippen molar-refractivity contribution in [1.82, 2.24) is 9.97 Å². The van der Waals surface area contributed by atoms with Gasteiger partial charge in [-0.3, -0.25) is 0 Å². The van der Waals surface area contributed by atoms with E-state index in [9.17, 15) is 8.78 Å². The van der Waals surface area contributed by atoms with Gasteiger partial charge < -0.3 is 0 Å². The summed E-state index contributed by atoms with van der Waals surface area (Å²) in [5.41, 5.74) is 1.14. The third kappa shape index (κ3) is 3.52. The number of hydrogen-bond donors (Lipinski definition) is 0. The third-order valence-electron chi connectivity index (χ3n) is 2.78. The van der Waals surface area contributed by atoms with Crippen LogP contribution in [0.1, 0.15) is 30.4 Å². The molecule has 2 aromatic rings. The molecule has 0 atom stereocenters. The van der Waals surface area contributed by atoms with Crippen molar-refractivity contribution < 1.29 is 8.78 Å². The van der Waals surface area contributed by atoms with Gasteiger partial charge in [0.25, 0.3) is 0 Å². The summed E-state index contributed by atoms with van der Waals surface area (Å²) < 4.78 is 27.2. The molecule has 106 valence electrons. The Hall–Kier alpha value is -1.07. The number of nitrogens with zero attached hydrogens (tertiary/aromatic N) is 2. The molecule has 0 N–H and O–H groups in total. The summed E-state index contributed by atoms with van der Waals surface area (Å²) in [6, 6.07) is 3.46. The van der Waals surface area contributed by atoms with Crippen LogP contribution in [0.2, 0.25) is 5.15 Å². The van der Waals surface area contributed by atoms with Crippen LogP contribution in [-0.4, -0.2) is 9.97 Å². The summed E-state index contributed by atoms with van der Waals surface area (Å²) in [6.07, 6.45) is 1.84. The molecule has 0 fully saturated rings. The highest BCUT2D eigenvalue weighted by atomic mass is 79.9. The summed E-state index contributed by atoms with van der Waals surface area (Å²) >= 11 is 9.38. The number of halogens is 4. The van der Waals surface area contributed by atoms with E-state index in [0.29, 0.717) is 21.0 Å². The van der Waals surface area contributed by atoms with Crippen LogP contribution < -0.4 is 0 Å². The maximum absolute atomic E-state index is 13.6. The van der Waals surface area contributed by atoms with Gasteiger partial charge >= 0.3 is 0 Å². The number of hydrogen-bond acceptors (Lipinski definition) is 2. The minimum atomic E-state index is -0.607. The van der Waals surface area contributed by atoms with Crippen molar-refractivity contribution in [3.05, 3.63) is 56.5 Å². The van der Waals surface area contributed by atoms with Gasteiger partial charge in [-0.25, -0.2) is 18.7 Å². The van der Waals surface area contributed by atoms with Gasteiger partial charge in [-0.05, 0) is 34.0 Å². The largest absolute Gasteiger partial charge is 0.236 e. The molecule has 1 heterocycles. The molecule has 0 amide bonds. The van der Waals surface area contributed by atoms with E-state index in [1.807, 2.05) is 6.92 Å². The molecular weight excluding hydrogens is 350 g/mol. The molecule has 20 heavy (non-hydrogen) atoms. The second-order valence-corrected chi connectivity index (χ2v) is 5.50. The highest BCUT2D eigenvalue weighted by Crippen LogP contribution is 2.25. The second-order valence-electron chi connectivity index (χ2n) is 4.35. The average molecular weight is 362 g/mol. The fourth-order valence-electron chi connectivity index (χ4n) is 1.83. The molecule has 0 saturated heterocycles. The zero-order valence-electron chi connectivity index (χ0n) is 10.8. The van der Waals surface area contributed by atoms with Gasteiger partial charge in [0.1, 0.15) is 22.6 Å². The van der Waals surface area contributed by atoms with E-state index in [4.69, 9.17) is 11.6 Å². The fraction of sp³-hybridized carbons (Fsp3) is 0.286. The Kier molecular flexibility index (Phi) is 5.05. The first-order valence-corrected chi connectivity index (χ1v) is 7.33. The first-order valence-electron chi connectivity index (χ1n) is 6.16. The van der Waals surface area contributed by atoms with Gasteiger partial charge in [-0.2, -0.15) is 0 Å². The summed E-state index contributed by atoms with van der Waals surface area (Å²) in [5, 5.41) is 0.306. The van der Waals surface area contributed by atoms with Crippen molar-refractivity contribution in [2.75, 3.05) is 0 Å². The Bertz CT molecular complexity index is 635. The third-order valence-corrected chi connectivity index (χ3v) is 4.11. The topological polar surface area (TPSA) is 25.8 Å². The lowest BCUT2D eigenvalue weighted by atomic mass is 10.1. The van der Waals surface area contributed by atoms with E-state index in [2.05, 4.69) is 25.9 Å². The number of benzene rings is 1. The highest BCUT2D eigenvalue weighted by molar-refractivity contribution is 9.10. The van der Waals surface area contributed by atoms with Gasteiger partial charge in [0.05, 0.1) is 10.2 Å². The van der Waals surface area contributed by atoms with Gasteiger partial charge in [0.2, 0.25) is 0 Å². The maximum atomic E-state index is 13.6. The van der Waals surface area contributed by atoms with Crippen molar-refractivity contribution in [2.45, 2.75) is 26.2 Å². The molecule has 0 unspecified atom stereocenters. The van der Waals surface area contributed by atoms with Crippen LogP contribution in [0.25, 0.3) is 0 Å². The van der Waals surface area contributed by atoms with Crippen LogP contribution in [0, 0.1) is 11.6 Å². The van der Waals surface area contributed by atoms with Crippen molar-refractivity contribution in [1.29, 1.82) is 0 Å². The lowest BCUT2D eigenvalue weighted by molar-refractivity contribution is 0.573. The van der Waals surface area contributed by atoms with E-state index >= 15 is 0 Å². The predicted molar refractivity (Wildman–Crippen MR) is 77.9 cm³/mol. The zero-order chi connectivity index (χ0) is 14.7. The second kappa shape index (κ2) is 6.59. The lowest BCUT2D eigenvalue weighted by Crippen LogP contribution is -2.04. The van der Waals surface area contributed by atoms with E-state index in [-0.39, 0.29) is 6.42 Å². The van der Waals surface area contributed by atoms with Crippen molar-refractivity contribution in [3.63, 3.8) is 0 Å². The van der Waals surface area contributed by atoms with E-state index in [1.54, 1.807) is 0 Å². The Labute approximate surface area is 129 Å². The molecular formula is C14H12BrClF2N2. The summed E-state index contributed by atoms with van der Waals surface area (Å²) in [6.45, 7) is 2.03. The molecule has 1 aromatic carbocycles. The van der Waals surface area contributed by atoms with Crippen LogP contribution in [0.4, 0.5) is 8.78 Å². The molecule has 0 aliphatic heterocycles. The minimum absolute atomic E-state index is 0.176. The van der Waals surface area contributed by atoms with Crippen molar-refractivity contribution in [3.8, 4) is 0 Å². The predicted octanol–water partition coefficient (Wildman–Crippen LogP) is 4.71. The number of aromatic nitrogens is 2. The number of aryl methyl sites for hydroxylation is 1. The molecule has 2 rings (SSSR count). The van der Waals surface area contributed by atoms with Crippen molar-refractivity contribution >= 4 is 27.5 Å². The van der Waals surface area contributed by atoms with Gasteiger partial charge in [0.15, 0.2) is 0 Å². The van der Waals surface area contributed by atoms with Crippen molar-refractivity contribution in [2.24, 2.45) is 0 Å². The molecule has 6 heteroatoms. The highest BCUT2D eigenvalue weighted by Gasteiger charge is 2.12. The molecule has 1 aromatic heterocycles. The van der Waals surface area contributed by atoms with E-state index in [0.717, 1.165) is 24.6 Å². The standard InChI is InChI=1S/C14H12BrClF2N2/c1-2-3-11-13(15)14(16)20-12(19-11)6-8-4-5-9(17)7-10(8)18/h4-5,7H,2-3,6H2,1H3. The van der Waals surface area contributed by atoms with E-state index in [1.165, 1.54) is 12.1 Å². The monoisotopic (exact) mass is 360 g/mol. The molecule has 0 saturated carbocycles. The smallest absolute Gasteiger partial charge is 0.147 e. The first-order chi connectivity index (χ1) is 9.51. The van der Waals surface area contributed by atoms with Gasteiger partial charge in [0, 0.05) is 12.5 Å². The van der Waals surface area contributed by atoms with Crippen LogP contribution >= 0.6 is 27.5 Å². The first kappa shape index (κ1) is 15.3. The quantitative estimate of drug-likeness (QED) is 0.737. The lowest BCUT2D eigenvalue weighted by Gasteiger charge is -2.08. The molecule has 0 spiro atoms. The molecule has 0 aliphatic rings. The Morgan fingerprint density at radius 1 is 1.25 bits per heavy atom. The molecule has 0 aliphatic carbocycles. The minimum Gasteiger partial charge on any atom is -0.236 e. The molecule has 0 bridgehead atoms. The van der Waals surface area contributed by atoms with Crippen LogP contribution in [0.5, 0.6) is 0 Å². The van der Waals surface area contributed by atoms with E-state index < -0.39 is 11.6 Å². The van der Waals surface area contributed by atoms with Crippen LogP contribution in [-0.2, 0) is 12.8 Å².